The van der Waals surface area contributed by atoms with Gasteiger partial charge in [0.2, 0.25) is 5.91 Å². The average molecular weight is 406 g/mol. The van der Waals surface area contributed by atoms with Crippen molar-refractivity contribution in [1.82, 2.24) is 0 Å². The number of anilines is 2. The molecule has 0 bridgehead atoms. The Morgan fingerprint density at radius 2 is 1.68 bits per heavy atom. The number of benzene rings is 2. The summed E-state index contributed by atoms with van der Waals surface area (Å²) in [4.78, 5) is 23.0. The Balaban J connectivity index is 2.21. The molecular weight excluding hydrogens is 384 g/mol. The number of sulfonamides is 1. The predicted octanol–water partition coefficient (Wildman–Crippen LogP) is 3.02. The van der Waals surface area contributed by atoms with Crippen LogP contribution in [0, 0.1) is 0 Å². The fourth-order valence-electron chi connectivity index (χ4n) is 2.30. The van der Waals surface area contributed by atoms with Gasteiger partial charge in [0.05, 0.1) is 29.4 Å². The van der Waals surface area contributed by atoms with E-state index in [1.54, 1.807) is 13.8 Å². The second-order valence-electron chi connectivity index (χ2n) is 6.18. The van der Waals surface area contributed by atoms with Crippen molar-refractivity contribution in [3.63, 3.8) is 0 Å². The molecule has 0 unspecified atom stereocenters. The normalized spacial score (nSPS) is 11.0. The zero-order valence-electron chi connectivity index (χ0n) is 16.0. The number of rotatable bonds is 7. The first-order valence-corrected chi connectivity index (χ1v) is 9.90. The van der Waals surface area contributed by atoms with Crippen LogP contribution in [0.2, 0.25) is 0 Å². The molecule has 0 saturated heterocycles. The van der Waals surface area contributed by atoms with Crippen LogP contribution in [0.5, 0.6) is 5.75 Å². The number of methoxy groups -OCH3 is 1. The zero-order valence-corrected chi connectivity index (χ0v) is 16.8. The van der Waals surface area contributed by atoms with E-state index in [9.17, 15) is 18.0 Å². The van der Waals surface area contributed by atoms with Gasteiger partial charge in [-0.2, -0.15) is 0 Å². The summed E-state index contributed by atoms with van der Waals surface area (Å²) in [5.41, 5.74) is 0.964. The highest BCUT2D eigenvalue weighted by molar-refractivity contribution is 7.92. The van der Waals surface area contributed by atoms with Crippen molar-refractivity contribution in [1.29, 1.82) is 0 Å². The maximum Gasteiger partial charge on any atom is 0.338 e. The Labute approximate surface area is 163 Å². The van der Waals surface area contributed by atoms with Gasteiger partial charge in [0.25, 0.3) is 10.0 Å². The quantitative estimate of drug-likeness (QED) is 0.684. The first-order valence-electron chi connectivity index (χ1n) is 8.42. The number of ether oxygens (including phenoxy) is 2. The van der Waals surface area contributed by atoms with Crippen LogP contribution in [0.25, 0.3) is 0 Å². The second-order valence-corrected chi connectivity index (χ2v) is 7.86. The molecule has 0 aliphatic rings. The lowest BCUT2D eigenvalue weighted by molar-refractivity contribution is -0.114. The Hall–Kier alpha value is -3.07. The van der Waals surface area contributed by atoms with E-state index in [2.05, 4.69) is 10.0 Å². The number of esters is 1. The van der Waals surface area contributed by atoms with E-state index >= 15 is 0 Å². The van der Waals surface area contributed by atoms with Crippen molar-refractivity contribution in [2.75, 3.05) is 17.1 Å². The fraction of sp³-hybridized carbons (Fsp3) is 0.263. The molecule has 0 saturated carbocycles. The van der Waals surface area contributed by atoms with E-state index in [0.717, 1.165) is 0 Å². The molecule has 2 rings (SSSR count). The van der Waals surface area contributed by atoms with Gasteiger partial charge in [-0.3, -0.25) is 9.52 Å². The molecule has 2 aromatic rings. The van der Waals surface area contributed by atoms with Crippen molar-refractivity contribution in [2.24, 2.45) is 0 Å². The maximum absolute atomic E-state index is 12.6. The van der Waals surface area contributed by atoms with Crippen LogP contribution >= 0.6 is 0 Å². The van der Waals surface area contributed by atoms with E-state index in [4.69, 9.17) is 9.47 Å². The average Bonchev–Trinajstić information content (AvgIpc) is 2.61. The molecule has 28 heavy (non-hydrogen) atoms. The lowest BCUT2D eigenvalue weighted by Crippen LogP contribution is -2.14. The number of amides is 1. The van der Waals surface area contributed by atoms with Crippen LogP contribution in [-0.2, 0) is 19.6 Å². The summed E-state index contributed by atoms with van der Waals surface area (Å²) in [5, 5.41) is 2.56. The minimum atomic E-state index is -3.90. The van der Waals surface area contributed by atoms with Crippen LogP contribution in [0.3, 0.4) is 0 Å². The number of carbonyl (C=O) groups is 2. The SMILES string of the molecule is COc1cc(S(=O)(=O)Nc2ccc(C(=O)OC(C)C)cc2)ccc1NC(C)=O. The van der Waals surface area contributed by atoms with E-state index in [0.29, 0.717) is 11.3 Å². The number of nitrogens with one attached hydrogen (secondary N) is 2. The maximum atomic E-state index is 12.6. The minimum absolute atomic E-state index is 0.0400. The number of hydrogen-bond donors (Lipinski definition) is 2. The molecule has 150 valence electrons. The molecular formula is C19H22N2O6S. The summed E-state index contributed by atoms with van der Waals surface area (Å²) in [6, 6.07) is 9.99. The first kappa shape index (κ1) is 21.2. The highest BCUT2D eigenvalue weighted by Crippen LogP contribution is 2.28. The van der Waals surface area contributed by atoms with E-state index in [1.165, 1.54) is 56.5 Å². The molecule has 0 fully saturated rings. The topological polar surface area (TPSA) is 111 Å². The minimum Gasteiger partial charge on any atom is -0.495 e. The van der Waals surface area contributed by atoms with Crippen molar-refractivity contribution in [3.8, 4) is 5.75 Å². The van der Waals surface area contributed by atoms with Gasteiger partial charge < -0.3 is 14.8 Å². The van der Waals surface area contributed by atoms with Gasteiger partial charge in [0.15, 0.2) is 0 Å². The van der Waals surface area contributed by atoms with E-state index in [1.807, 2.05) is 0 Å². The monoisotopic (exact) mass is 406 g/mol. The van der Waals surface area contributed by atoms with Crippen LogP contribution in [0.15, 0.2) is 47.4 Å². The summed E-state index contributed by atoms with van der Waals surface area (Å²) in [6.45, 7) is 4.82. The van der Waals surface area contributed by atoms with Gasteiger partial charge in [-0.1, -0.05) is 0 Å². The molecule has 0 atom stereocenters. The molecule has 1 amide bonds. The number of carbonyl (C=O) groups excluding carboxylic acids is 2. The lowest BCUT2D eigenvalue weighted by Gasteiger charge is -2.13. The van der Waals surface area contributed by atoms with Crippen molar-refractivity contribution in [3.05, 3.63) is 48.0 Å². The van der Waals surface area contributed by atoms with Gasteiger partial charge in [-0.05, 0) is 50.2 Å². The van der Waals surface area contributed by atoms with Crippen molar-refractivity contribution in [2.45, 2.75) is 31.8 Å². The van der Waals surface area contributed by atoms with Crippen LogP contribution in [0.1, 0.15) is 31.1 Å². The molecule has 2 aromatic carbocycles. The fourth-order valence-corrected chi connectivity index (χ4v) is 3.38. The van der Waals surface area contributed by atoms with Crippen LogP contribution < -0.4 is 14.8 Å². The molecule has 0 spiro atoms. The lowest BCUT2D eigenvalue weighted by atomic mass is 10.2. The summed E-state index contributed by atoms with van der Waals surface area (Å²) < 4.78 is 37.9. The van der Waals surface area contributed by atoms with Gasteiger partial charge in [0, 0.05) is 18.7 Å². The summed E-state index contributed by atoms with van der Waals surface area (Å²) in [5.74, 6) is -0.573. The molecule has 2 N–H and O–H groups in total. The Morgan fingerprint density at radius 1 is 1.04 bits per heavy atom. The van der Waals surface area contributed by atoms with Crippen molar-refractivity contribution < 1.29 is 27.5 Å². The molecule has 8 nitrogen and oxygen atoms in total. The number of hydrogen-bond acceptors (Lipinski definition) is 6. The molecule has 0 heterocycles. The smallest absolute Gasteiger partial charge is 0.338 e. The zero-order chi connectivity index (χ0) is 20.9. The Morgan fingerprint density at radius 3 is 2.21 bits per heavy atom. The van der Waals surface area contributed by atoms with E-state index < -0.39 is 16.0 Å². The largest absolute Gasteiger partial charge is 0.495 e. The second kappa shape index (κ2) is 8.75. The van der Waals surface area contributed by atoms with Gasteiger partial charge in [0.1, 0.15) is 5.75 Å². The Bertz CT molecular complexity index is 968. The Kier molecular flexibility index (Phi) is 6.63. The van der Waals surface area contributed by atoms with Crippen LogP contribution in [-0.4, -0.2) is 33.5 Å². The van der Waals surface area contributed by atoms with E-state index in [-0.39, 0.29) is 28.3 Å². The third-order valence-electron chi connectivity index (χ3n) is 3.51. The third kappa shape index (κ3) is 5.46. The molecule has 9 heteroatoms. The van der Waals surface area contributed by atoms with Crippen LogP contribution in [0.4, 0.5) is 11.4 Å². The van der Waals surface area contributed by atoms with Gasteiger partial charge in [-0.15, -0.1) is 0 Å². The summed E-state index contributed by atoms with van der Waals surface area (Å²) in [6.07, 6.45) is -0.249. The molecule has 0 radical (unpaired) electrons. The van der Waals surface area contributed by atoms with Crippen molar-refractivity contribution >= 4 is 33.3 Å². The third-order valence-corrected chi connectivity index (χ3v) is 4.89. The molecule has 0 aliphatic heterocycles. The molecule has 0 aromatic heterocycles. The highest BCUT2D eigenvalue weighted by Gasteiger charge is 2.18. The summed E-state index contributed by atoms with van der Waals surface area (Å²) >= 11 is 0. The van der Waals surface area contributed by atoms with Gasteiger partial charge >= 0.3 is 5.97 Å². The van der Waals surface area contributed by atoms with Gasteiger partial charge in [-0.25, -0.2) is 13.2 Å². The molecule has 0 aliphatic carbocycles. The first-order chi connectivity index (χ1) is 13.1. The highest BCUT2D eigenvalue weighted by atomic mass is 32.2. The standard InChI is InChI=1S/C19H22N2O6S/c1-12(2)27-19(23)14-5-7-15(8-6-14)21-28(24,25)16-9-10-17(20-13(3)22)18(11-16)26-4/h5-12,21H,1-4H3,(H,20,22). The summed E-state index contributed by atoms with van der Waals surface area (Å²) in [7, 11) is -2.53. The predicted molar refractivity (Wildman–Crippen MR) is 105 cm³/mol.